The van der Waals surface area contributed by atoms with Crippen molar-refractivity contribution >= 4 is 22.7 Å². The molecule has 0 atom stereocenters. The number of tetrazole rings is 1. The van der Waals surface area contributed by atoms with Crippen LogP contribution in [0.1, 0.15) is 54.9 Å². The lowest BCUT2D eigenvalue weighted by Gasteiger charge is -2.30. The molecule has 0 bridgehead atoms. The molecule has 4 aromatic rings. The summed E-state index contributed by atoms with van der Waals surface area (Å²) in [7, 11) is 3.08. The molecule has 8 nitrogen and oxygen atoms in total. The zero-order valence-corrected chi connectivity index (χ0v) is 24.6. The summed E-state index contributed by atoms with van der Waals surface area (Å²) in [5.41, 5.74) is -1.53. The molecule has 0 N–H and O–H groups in total. The van der Waals surface area contributed by atoms with Crippen molar-refractivity contribution in [1.29, 1.82) is 0 Å². The topological polar surface area (TPSA) is 72.2 Å². The molecule has 14 heteroatoms. The first-order chi connectivity index (χ1) is 20.8. The van der Waals surface area contributed by atoms with Gasteiger partial charge in [-0.25, -0.2) is 4.98 Å². The molecule has 0 unspecified atom stereocenters. The third-order valence-corrected chi connectivity index (χ3v) is 7.88. The molecule has 0 saturated heterocycles. The van der Waals surface area contributed by atoms with Crippen LogP contribution in [0.25, 0.3) is 10.9 Å². The van der Waals surface area contributed by atoms with Gasteiger partial charge in [0.25, 0.3) is 5.95 Å². The zero-order valence-electron chi connectivity index (χ0n) is 24.6. The Hall–Kier alpha value is -4.10. The number of hydrogen-bond donors (Lipinski definition) is 0. The highest BCUT2D eigenvalue weighted by Crippen LogP contribution is 2.37. The first-order valence-electron chi connectivity index (χ1n) is 14.3. The Balaban J connectivity index is 1.60. The van der Waals surface area contributed by atoms with Crippen LogP contribution in [-0.4, -0.2) is 45.4 Å². The van der Waals surface area contributed by atoms with Gasteiger partial charge in [-0.05, 0) is 78.9 Å². The number of pyridine rings is 1. The molecule has 44 heavy (non-hydrogen) atoms. The predicted octanol–water partition coefficient (Wildman–Crippen LogP) is 7.03. The smallest absolute Gasteiger partial charge is 0.416 e. The van der Waals surface area contributed by atoms with Crippen LogP contribution in [0.2, 0.25) is 0 Å². The standard InChI is InChI=1S/C30H33F6N7O/c1-4-42(16-19-7-5-6-8-19)27-22(13-21-14-25(44-3)9-10-26(21)37-27)18-43(28-38-40-41(2)39-28)17-20-11-23(29(31,32)33)15-24(12-20)30(34,35)36/h9-15,19H,4-8,16-18H2,1-3H3. The molecule has 0 amide bonds. The number of hydrogen-bond acceptors (Lipinski definition) is 7. The first-order valence-corrected chi connectivity index (χ1v) is 14.3. The van der Waals surface area contributed by atoms with Gasteiger partial charge in [0.1, 0.15) is 11.6 Å². The highest BCUT2D eigenvalue weighted by molar-refractivity contribution is 5.83. The Morgan fingerprint density at radius 1 is 0.909 bits per heavy atom. The SMILES string of the molecule is CCN(CC1CCCC1)c1nc2ccc(OC)cc2cc1CN(Cc1cc(C(F)(F)F)cc(C(F)(F)F)c1)c1nnn(C)n1. The van der Waals surface area contributed by atoms with E-state index in [1.165, 1.54) is 29.6 Å². The zero-order chi connectivity index (χ0) is 31.6. The molecule has 0 spiro atoms. The van der Waals surface area contributed by atoms with Gasteiger partial charge in [-0.1, -0.05) is 17.9 Å². The van der Waals surface area contributed by atoms with Gasteiger partial charge < -0.3 is 14.5 Å². The summed E-state index contributed by atoms with van der Waals surface area (Å²) in [6, 6.07) is 8.99. The van der Waals surface area contributed by atoms with E-state index in [0.29, 0.717) is 29.6 Å². The van der Waals surface area contributed by atoms with Crippen LogP contribution < -0.4 is 14.5 Å². The number of benzene rings is 2. The van der Waals surface area contributed by atoms with E-state index in [1.807, 2.05) is 31.2 Å². The maximum Gasteiger partial charge on any atom is 0.416 e. The number of fused-ring (bicyclic) bond motifs is 1. The molecule has 2 heterocycles. The summed E-state index contributed by atoms with van der Waals surface area (Å²) in [4.78, 5) is 9.88. The number of rotatable bonds is 10. The molecule has 0 radical (unpaired) electrons. The summed E-state index contributed by atoms with van der Waals surface area (Å²) >= 11 is 0. The monoisotopic (exact) mass is 621 g/mol. The van der Waals surface area contributed by atoms with E-state index in [-0.39, 0.29) is 30.7 Å². The number of anilines is 2. The van der Waals surface area contributed by atoms with Gasteiger partial charge in [0, 0.05) is 37.1 Å². The fourth-order valence-corrected chi connectivity index (χ4v) is 5.71. The molecule has 2 aromatic carbocycles. The summed E-state index contributed by atoms with van der Waals surface area (Å²) in [5, 5.41) is 12.9. The molecule has 1 saturated carbocycles. The van der Waals surface area contributed by atoms with Crippen LogP contribution in [0.3, 0.4) is 0 Å². The Bertz CT molecular complexity index is 1570. The van der Waals surface area contributed by atoms with Crippen molar-refractivity contribution in [2.45, 2.75) is 58.0 Å². The fourth-order valence-electron chi connectivity index (χ4n) is 5.71. The number of nitrogens with zero attached hydrogens (tertiary/aromatic N) is 7. The molecule has 1 aliphatic rings. The van der Waals surface area contributed by atoms with E-state index in [2.05, 4.69) is 20.3 Å². The van der Waals surface area contributed by atoms with Crippen LogP contribution in [0.5, 0.6) is 5.75 Å². The number of halogens is 6. The minimum atomic E-state index is -4.97. The Labute approximate surface area is 250 Å². The number of alkyl halides is 6. The second-order valence-electron chi connectivity index (χ2n) is 11.1. The van der Waals surface area contributed by atoms with Crippen LogP contribution >= 0.6 is 0 Å². The molecule has 5 rings (SSSR count). The average Bonchev–Trinajstić information content (AvgIpc) is 3.65. The second-order valence-corrected chi connectivity index (χ2v) is 11.1. The Morgan fingerprint density at radius 2 is 1.59 bits per heavy atom. The Kier molecular flexibility index (Phi) is 8.89. The maximum atomic E-state index is 13.7. The van der Waals surface area contributed by atoms with Gasteiger partial charge in [-0.15, -0.1) is 5.10 Å². The van der Waals surface area contributed by atoms with Crippen molar-refractivity contribution in [2.24, 2.45) is 13.0 Å². The van der Waals surface area contributed by atoms with Crippen LogP contribution in [-0.2, 0) is 32.5 Å². The van der Waals surface area contributed by atoms with E-state index < -0.39 is 23.5 Å². The third-order valence-electron chi connectivity index (χ3n) is 7.88. The quantitative estimate of drug-likeness (QED) is 0.176. The second kappa shape index (κ2) is 12.5. The van der Waals surface area contributed by atoms with Gasteiger partial charge in [-0.3, -0.25) is 0 Å². The van der Waals surface area contributed by atoms with E-state index in [0.717, 1.165) is 42.4 Å². The van der Waals surface area contributed by atoms with Crippen molar-refractivity contribution in [3.05, 3.63) is 64.7 Å². The van der Waals surface area contributed by atoms with Crippen molar-refractivity contribution in [3.8, 4) is 5.75 Å². The van der Waals surface area contributed by atoms with Gasteiger partial charge >= 0.3 is 12.4 Å². The van der Waals surface area contributed by atoms with Crippen molar-refractivity contribution < 1.29 is 31.1 Å². The number of ether oxygens (including phenoxy) is 1. The third kappa shape index (κ3) is 7.16. The highest BCUT2D eigenvalue weighted by atomic mass is 19.4. The van der Waals surface area contributed by atoms with Crippen LogP contribution in [0, 0.1) is 5.92 Å². The van der Waals surface area contributed by atoms with E-state index >= 15 is 0 Å². The molecule has 1 fully saturated rings. The largest absolute Gasteiger partial charge is 0.497 e. The Morgan fingerprint density at radius 3 is 2.16 bits per heavy atom. The maximum absolute atomic E-state index is 13.7. The van der Waals surface area contributed by atoms with Crippen molar-refractivity contribution in [2.75, 3.05) is 30.0 Å². The van der Waals surface area contributed by atoms with Gasteiger partial charge in [0.05, 0.1) is 30.8 Å². The van der Waals surface area contributed by atoms with Crippen molar-refractivity contribution in [3.63, 3.8) is 0 Å². The van der Waals surface area contributed by atoms with Crippen LogP contribution in [0.4, 0.5) is 38.1 Å². The minimum Gasteiger partial charge on any atom is -0.497 e. The predicted molar refractivity (Wildman–Crippen MR) is 153 cm³/mol. The molecule has 1 aliphatic carbocycles. The lowest BCUT2D eigenvalue weighted by atomic mass is 10.0. The summed E-state index contributed by atoms with van der Waals surface area (Å²) < 4.78 is 87.4. The van der Waals surface area contributed by atoms with E-state index in [1.54, 1.807) is 7.11 Å². The molecular formula is C30H33F6N7O. The van der Waals surface area contributed by atoms with Gasteiger partial charge in [0.2, 0.25) is 0 Å². The molecular weight excluding hydrogens is 588 g/mol. The molecule has 236 valence electrons. The first kappa shape index (κ1) is 31.3. The van der Waals surface area contributed by atoms with Gasteiger partial charge in [0.15, 0.2) is 0 Å². The highest BCUT2D eigenvalue weighted by Gasteiger charge is 2.37. The molecule has 0 aliphatic heterocycles. The summed E-state index contributed by atoms with van der Waals surface area (Å²) in [6.45, 7) is 3.17. The number of methoxy groups -OCH3 is 1. The van der Waals surface area contributed by atoms with Crippen molar-refractivity contribution in [1.82, 2.24) is 25.2 Å². The fraction of sp³-hybridized carbons (Fsp3) is 0.467. The number of aromatic nitrogens is 5. The molecule has 2 aromatic heterocycles. The van der Waals surface area contributed by atoms with Crippen LogP contribution in [0.15, 0.2) is 42.5 Å². The van der Waals surface area contributed by atoms with E-state index in [9.17, 15) is 26.3 Å². The minimum absolute atomic E-state index is 0.0416. The summed E-state index contributed by atoms with van der Waals surface area (Å²) in [5.74, 6) is 1.85. The normalized spacial score (nSPS) is 14.4. The van der Waals surface area contributed by atoms with Gasteiger partial charge in [-0.2, -0.15) is 31.1 Å². The summed E-state index contributed by atoms with van der Waals surface area (Å²) in [6.07, 6.45) is -5.37. The average molecular weight is 622 g/mol. The lowest BCUT2D eigenvalue weighted by molar-refractivity contribution is -0.143. The number of aryl methyl sites for hydroxylation is 1. The lowest BCUT2D eigenvalue weighted by Crippen LogP contribution is -2.32. The van der Waals surface area contributed by atoms with E-state index in [4.69, 9.17) is 9.72 Å².